The van der Waals surface area contributed by atoms with Gasteiger partial charge in [-0.15, -0.1) is 11.3 Å². The molecule has 0 spiro atoms. The molecule has 4 heteroatoms. The molecule has 0 aliphatic rings. The number of fused-ring (bicyclic) bond motifs is 3. The number of benzene rings is 9. The van der Waals surface area contributed by atoms with E-state index in [0.29, 0.717) is 17.5 Å². The average molecular weight is 796 g/mol. The molecule has 2 aromatic heterocycles. The summed E-state index contributed by atoms with van der Waals surface area (Å²) in [7, 11) is 0. The van der Waals surface area contributed by atoms with Crippen LogP contribution in [-0.2, 0) is 0 Å². The molecule has 0 fully saturated rings. The van der Waals surface area contributed by atoms with Crippen LogP contribution in [0, 0.1) is 0 Å². The lowest BCUT2D eigenvalue weighted by Crippen LogP contribution is -2.00. The Morgan fingerprint density at radius 2 is 0.557 bits per heavy atom. The van der Waals surface area contributed by atoms with E-state index in [1.54, 1.807) is 0 Å². The van der Waals surface area contributed by atoms with E-state index in [-0.39, 0.29) is 0 Å². The highest BCUT2D eigenvalue weighted by molar-refractivity contribution is 7.27. The van der Waals surface area contributed by atoms with Crippen molar-refractivity contribution in [3.63, 3.8) is 0 Å². The first-order valence-corrected chi connectivity index (χ1v) is 21.3. The van der Waals surface area contributed by atoms with Crippen LogP contribution >= 0.6 is 11.3 Å². The lowest BCUT2D eigenvalue weighted by atomic mass is 9.92. The summed E-state index contributed by atoms with van der Waals surface area (Å²) in [4.78, 5) is 15.0. The normalized spacial score (nSPS) is 11.3. The molecule has 0 bridgehead atoms. The third-order valence-corrected chi connectivity index (χ3v) is 12.6. The maximum atomic E-state index is 5.03. The highest BCUT2D eigenvalue weighted by Gasteiger charge is 2.19. The lowest BCUT2D eigenvalue weighted by Gasteiger charge is -2.12. The molecular formula is C57H37N3S. The van der Waals surface area contributed by atoms with E-state index in [1.165, 1.54) is 64.7 Å². The summed E-state index contributed by atoms with van der Waals surface area (Å²) in [5.41, 5.74) is 14.7. The minimum Gasteiger partial charge on any atom is -0.208 e. The van der Waals surface area contributed by atoms with Crippen LogP contribution < -0.4 is 0 Å². The Morgan fingerprint density at radius 1 is 0.230 bits per heavy atom. The fourth-order valence-corrected chi connectivity index (χ4v) is 9.60. The zero-order chi connectivity index (χ0) is 40.5. The third kappa shape index (κ3) is 7.09. The number of thiophene rings is 1. The van der Waals surface area contributed by atoms with Gasteiger partial charge in [0.15, 0.2) is 17.5 Å². The van der Waals surface area contributed by atoms with Crippen LogP contribution in [0.3, 0.4) is 0 Å². The molecule has 9 aromatic carbocycles. The second-order valence-electron chi connectivity index (χ2n) is 15.2. The second kappa shape index (κ2) is 15.8. The van der Waals surface area contributed by atoms with Gasteiger partial charge in [0.2, 0.25) is 0 Å². The molecule has 0 saturated heterocycles. The fraction of sp³-hybridized carbons (Fsp3) is 0. The Kier molecular flexibility index (Phi) is 9.38. The van der Waals surface area contributed by atoms with E-state index in [4.69, 9.17) is 15.0 Å². The third-order valence-electron chi connectivity index (χ3n) is 11.3. The van der Waals surface area contributed by atoms with E-state index in [9.17, 15) is 0 Å². The Balaban J connectivity index is 1.08. The van der Waals surface area contributed by atoms with Gasteiger partial charge in [0, 0.05) is 48.0 Å². The molecule has 11 aromatic rings. The maximum Gasteiger partial charge on any atom is 0.164 e. The zero-order valence-corrected chi connectivity index (χ0v) is 33.9. The van der Waals surface area contributed by atoms with Gasteiger partial charge in [-0.25, -0.2) is 15.0 Å². The van der Waals surface area contributed by atoms with Gasteiger partial charge in [-0.05, 0) is 80.9 Å². The summed E-state index contributed by atoms with van der Waals surface area (Å²) in [6.07, 6.45) is 0. The zero-order valence-electron chi connectivity index (χ0n) is 33.1. The van der Waals surface area contributed by atoms with Crippen molar-refractivity contribution in [2.24, 2.45) is 0 Å². The summed E-state index contributed by atoms with van der Waals surface area (Å²) in [5, 5.41) is 2.53. The van der Waals surface area contributed by atoms with Crippen molar-refractivity contribution < 1.29 is 0 Å². The predicted molar refractivity (Wildman–Crippen MR) is 256 cm³/mol. The molecule has 0 unspecified atom stereocenters. The minimum atomic E-state index is 0.636. The number of hydrogen-bond donors (Lipinski definition) is 0. The first-order chi connectivity index (χ1) is 30.2. The first-order valence-electron chi connectivity index (χ1n) is 20.5. The van der Waals surface area contributed by atoms with Gasteiger partial charge in [0.05, 0.1) is 0 Å². The van der Waals surface area contributed by atoms with Crippen molar-refractivity contribution in [2.45, 2.75) is 0 Å². The topological polar surface area (TPSA) is 38.7 Å². The van der Waals surface area contributed by atoms with Crippen LogP contribution in [0.5, 0.6) is 0 Å². The van der Waals surface area contributed by atoms with Crippen LogP contribution in [0.15, 0.2) is 224 Å². The van der Waals surface area contributed by atoms with Crippen LogP contribution in [0.1, 0.15) is 0 Å². The predicted octanol–water partition coefficient (Wildman–Crippen LogP) is 15.6. The van der Waals surface area contributed by atoms with Crippen molar-refractivity contribution in [1.29, 1.82) is 0 Å². The minimum absolute atomic E-state index is 0.636. The Hall–Kier alpha value is -7.79. The van der Waals surface area contributed by atoms with Gasteiger partial charge in [-0.1, -0.05) is 188 Å². The lowest BCUT2D eigenvalue weighted by molar-refractivity contribution is 1.07. The molecule has 2 heterocycles. The summed E-state index contributed by atoms with van der Waals surface area (Å²) in [6, 6.07) is 79.6. The number of aromatic nitrogens is 3. The maximum absolute atomic E-state index is 5.03. The number of nitrogens with zero attached hydrogens (tertiary/aromatic N) is 3. The van der Waals surface area contributed by atoms with Crippen LogP contribution in [-0.4, -0.2) is 15.0 Å². The van der Waals surface area contributed by atoms with E-state index < -0.39 is 0 Å². The van der Waals surface area contributed by atoms with E-state index in [2.05, 4.69) is 164 Å². The molecule has 61 heavy (non-hydrogen) atoms. The monoisotopic (exact) mass is 795 g/mol. The van der Waals surface area contributed by atoms with Gasteiger partial charge >= 0.3 is 0 Å². The Bertz CT molecular complexity index is 3270. The van der Waals surface area contributed by atoms with Gasteiger partial charge in [-0.2, -0.15) is 0 Å². The number of rotatable bonds is 8. The van der Waals surface area contributed by atoms with Crippen molar-refractivity contribution in [1.82, 2.24) is 15.0 Å². The van der Waals surface area contributed by atoms with Crippen LogP contribution in [0.4, 0.5) is 0 Å². The van der Waals surface area contributed by atoms with Crippen LogP contribution in [0.25, 0.3) is 110 Å². The molecular weight excluding hydrogens is 759 g/mol. The SMILES string of the molecule is c1ccc(-c2cc(-c3ccccc3)c3sc4c(-c5cccc(-c6cccc(-c7nc(-c8ccccc8)nc(-c8ccccc8)n7)c6)c5)cc(-c5ccccc5)cc4c3c2)cc1. The largest absolute Gasteiger partial charge is 0.208 e. The molecule has 0 N–H and O–H groups in total. The number of hydrogen-bond acceptors (Lipinski definition) is 4. The van der Waals surface area contributed by atoms with Crippen molar-refractivity contribution in [3.8, 4) is 89.8 Å². The molecule has 0 aliphatic carbocycles. The average Bonchev–Trinajstić information content (AvgIpc) is 3.73. The van der Waals surface area contributed by atoms with E-state index >= 15 is 0 Å². The quantitative estimate of drug-likeness (QED) is 0.154. The van der Waals surface area contributed by atoms with Crippen molar-refractivity contribution >= 4 is 31.5 Å². The molecule has 286 valence electrons. The summed E-state index contributed by atoms with van der Waals surface area (Å²) < 4.78 is 2.56. The Morgan fingerprint density at radius 3 is 1.02 bits per heavy atom. The summed E-state index contributed by atoms with van der Waals surface area (Å²) in [6.45, 7) is 0. The van der Waals surface area contributed by atoms with Crippen molar-refractivity contribution in [3.05, 3.63) is 224 Å². The molecule has 0 aliphatic heterocycles. The van der Waals surface area contributed by atoms with Gasteiger partial charge in [0.25, 0.3) is 0 Å². The first kappa shape index (κ1) is 36.3. The fourth-order valence-electron chi connectivity index (χ4n) is 8.26. The second-order valence-corrected chi connectivity index (χ2v) is 16.2. The van der Waals surface area contributed by atoms with Gasteiger partial charge in [0.1, 0.15) is 0 Å². The van der Waals surface area contributed by atoms with Gasteiger partial charge in [-0.3, -0.25) is 0 Å². The van der Waals surface area contributed by atoms with E-state index in [1.807, 2.05) is 72.0 Å². The van der Waals surface area contributed by atoms with Gasteiger partial charge < -0.3 is 0 Å². The van der Waals surface area contributed by atoms with Crippen LogP contribution in [0.2, 0.25) is 0 Å². The highest BCUT2D eigenvalue weighted by Crippen LogP contribution is 2.48. The molecule has 11 rings (SSSR count). The molecule has 0 amide bonds. The standard InChI is InChI=1S/C57H37N3S/c1-6-18-38(19-7-1)47-34-49(40-22-10-3-11-23-40)53-51(36-47)52-37-48(39-20-8-2-9-21-39)35-50(54(52)61-53)45-30-16-28-43(32-45)44-29-17-31-46(33-44)57-59-55(41-24-12-4-13-25-41)58-56(60-57)42-26-14-5-15-27-42/h1-37H. The highest BCUT2D eigenvalue weighted by atomic mass is 32.1. The summed E-state index contributed by atoms with van der Waals surface area (Å²) >= 11 is 1.89. The van der Waals surface area contributed by atoms with E-state index in [0.717, 1.165) is 27.8 Å². The molecule has 0 radical (unpaired) electrons. The smallest absolute Gasteiger partial charge is 0.164 e. The summed E-state index contributed by atoms with van der Waals surface area (Å²) in [5.74, 6) is 1.93. The van der Waals surface area contributed by atoms with Crippen molar-refractivity contribution in [2.75, 3.05) is 0 Å². The molecule has 3 nitrogen and oxygen atoms in total. The Labute approximate surface area is 359 Å². The molecule has 0 atom stereocenters. The molecule has 0 saturated carbocycles.